The lowest BCUT2D eigenvalue weighted by Gasteiger charge is -2.24. The van der Waals surface area contributed by atoms with E-state index in [2.05, 4.69) is 20.9 Å². The second-order valence-electron chi connectivity index (χ2n) is 9.29. The van der Waals surface area contributed by atoms with E-state index in [9.17, 15) is 4.79 Å². The van der Waals surface area contributed by atoms with Crippen molar-refractivity contribution < 1.29 is 4.79 Å². The van der Waals surface area contributed by atoms with Gasteiger partial charge in [0.05, 0.1) is 22.8 Å². The first-order valence-corrected chi connectivity index (χ1v) is 11.9. The van der Waals surface area contributed by atoms with Crippen molar-refractivity contribution in [2.75, 3.05) is 30.8 Å². The number of hydrogen-bond donors (Lipinski definition) is 1. The molecule has 8 heteroatoms. The van der Waals surface area contributed by atoms with Gasteiger partial charge in [0.2, 0.25) is 5.91 Å². The average molecular weight is 446 g/mol. The van der Waals surface area contributed by atoms with Crippen LogP contribution >= 0.6 is 0 Å². The second-order valence-corrected chi connectivity index (χ2v) is 9.29. The highest BCUT2D eigenvalue weighted by Gasteiger charge is 2.28. The van der Waals surface area contributed by atoms with Crippen LogP contribution < -0.4 is 10.6 Å². The molecule has 1 amide bonds. The standard InChI is InChI=1S/C25H31N7O/c1-16(33)31(2)18-11-12-32(14-18)22-10-6-9-20(29-22)21-13-19(17-7-4-3-5-8-17)23-24(26)27-15-28-25(23)30-21/h6,9-10,13,15,17-18H,3-5,7-8,11-12,14H2,1-2H3,(H2,26,27,28,30). The Kier molecular flexibility index (Phi) is 5.83. The van der Waals surface area contributed by atoms with E-state index in [0.717, 1.165) is 54.9 Å². The number of likely N-dealkylation sites (N-methyl/N-ethyl adjacent to an activating group) is 1. The molecule has 4 heterocycles. The monoisotopic (exact) mass is 445 g/mol. The van der Waals surface area contributed by atoms with Gasteiger partial charge in [0, 0.05) is 27.1 Å². The Labute approximate surface area is 194 Å². The summed E-state index contributed by atoms with van der Waals surface area (Å²) in [6, 6.07) is 8.43. The van der Waals surface area contributed by atoms with Crippen LogP contribution in [0, 0.1) is 0 Å². The first kappa shape index (κ1) is 21.6. The summed E-state index contributed by atoms with van der Waals surface area (Å²) in [5.41, 5.74) is 9.76. The van der Waals surface area contributed by atoms with Crippen LogP contribution in [-0.2, 0) is 4.79 Å². The van der Waals surface area contributed by atoms with Crippen LogP contribution in [-0.4, -0.2) is 56.9 Å². The summed E-state index contributed by atoms with van der Waals surface area (Å²) < 4.78 is 0. The highest BCUT2D eigenvalue weighted by molar-refractivity contribution is 5.90. The highest BCUT2D eigenvalue weighted by atomic mass is 16.2. The number of amides is 1. The summed E-state index contributed by atoms with van der Waals surface area (Å²) in [6.07, 6.45) is 8.49. The minimum Gasteiger partial charge on any atom is -0.383 e. The molecule has 172 valence electrons. The lowest BCUT2D eigenvalue weighted by Crippen LogP contribution is -2.37. The second kappa shape index (κ2) is 8.92. The van der Waals surface area contributed by atoms with Crippen molar-refractivity contribution in [3.05, 3.63) is 36.2 Å². The molecule has 2 aliphatic rings. The zero-order valence-corrected chi connectivity index (χ0v) is 19.4. The Morgan fingerprint density at radius 3 is 2.70 bits per heavy atom. The number of hydrogen-bond acceptors (Lipinski definition) is 7. The number of nitrogen functional groups attached to an aromatic ring is 1. The van der Waals surface area contributed by atoms with Gasteiger partial charge in [0.1, 0.15) is 18.0 Å². The van der Waals surface area contributed by atoms with Crippen molar-refractivity contribution in [1.82, 2.24) is 24.8 Å². The van der Waals surface area contributed by atoms with E-state index in [0.29, 0.717) is 17.4 Å². The highest BCUT2D eigenvalue weighted by Crippen LogP contribution is 2.38. The largest absolute Gasteiger partial charge is 0.383 e. The van der Waals surface area contributed by atoms with Gasteiger partial charge in [-0.05, 0) is 48.9 Å². The number of nitrogens with zero attached hydrogens (tertiary/aromatic N) is 6. The van der Waals surface area contributed by atoms with Crippen LogP contribution in [0.5, 0.6) is 0 Å². The van der Waals surface area contributed by atoms with Crippen LogP contribution in [0.1, 0.15) is 56.9 Å². The van der Waals surface area contributed by atoms with Gasteiger partial charge in [-0.25, -0.2) is 19.9 Å². The fourth-order valence-electron chi connectivity index (χ4n) is 5.25. The maximum atomic E-state index is 11.8. The van der Waals surface area contributed by atoms with Crippen LogP contribution in [0.15, 0.2) is 30.6 Å². The molecule has 0 radical (unpaired) electrons. The predicted octanol–water partition coefficient (Wildman–Crippen LogP) is 3.77. The molecule has 3 aromatic heterocycles. The Bertz CT molecular complexity index is 1170. The fourth-order valence-corrected chi connectivity index (χ4v) is 5.25. The van der Waals surface area contributed by atoms with Gasteiger partial charge in [-0.3, -0.25) is 4.79 Å². The number of fused-ring (bicyclic) bond motifs is 1. The summed E-state index contributed by atoms with van der Waals surface area (Å²) in [5.74, 6) is 1.95. The number of carbonyl (C=O) groups is 1. The van der Waals surface area contributed by atoms with Crippen molar-refractivity contribution in [2.24, 2.45) is 0 Å². The van der Waals surface area contributed by atoms with Gasteiger partial charge in [0.25, 0.3) is 0 Å². The fraction of sp³-hybridized carbons (Fsp3) is 0.480. The summed E-state index contributed by atoms with van der Waals surface area (Å²) in [7, 11) is 1.87. The molecule has 0 bridgehead atoms. The smallest absolute Gasteiger partial charge is 0.219 e. The third-order valence-electron chi connectivity index (χ3n) is 7.24. The molecule has 1 saturated heterocycles. The van der Waals surface area contributed by atoms with Gasteiger partial charge >= 0.3 is 0 Å². The SMILES string of the molecule is CC(=O)N(C)C1CCN(c2cccc(-c3cc(C4CCCCC4)c4c(N)ncnc4n3)n2)C1. The van der Waals surface area contributed by atoms with Gasteiger partial charge in [-0.15, -0.1) is 0 Å². The zero-order valence-electron chi connectivity index (χ0n) is 19.4. The van der Waals surface area contributed by atoms with Crippen LogP contribution in [0.25, 0.3) is 22.4 Å². The van der Waals surface area contributed by atoms with Crippen LogP contribution in [0.2, 0.25) is 0 Å². The third kappa shape index (κ3) is 4.21. The normalized spacial score (nSPS) is 19.2. The molecule has 1 atom stereocenters. The summed E-state index contributed by atoms with van der Waals surface area (Å²) >= 11 is 0. The van der Waals surface area contributed by atoms with Gasteiger partial charge in [-0.2, -0.15) is 0 Å². The van der Waals surface area contributed by atoms with E-state index < -0.39 is 0 Å². The molecule has 2 N–H and O–H groups in total. The molecule has 2 fully saturated rings. The molecule has 5 rings (SSSR count). The number of pyridine rings is 2. The summed E-state index contributed by atoms with van der Waals surface area (Å²) in [6.45, 7) is 3.28. The molecular weight excluding hydrogens is 414 g/mol. The topological polar surface area (TPSA) is 101 Å². The molecule has 0 aromatic carbocycles. The molecule has 1 aliphatic heterocycles. The molecule has 0 spiro atoms. The van der Waals surface area contributed by atoms with Gasteiger partial charge in [-0.1, -0.05) is 25.3 Å². The molecule has 33 heavy (non-hydrogen) atoms. The van der Waals surface area contributed by atoms with Crippen molar-refractivity contribution in [3.63, 3.8) is 0 Å². The molecule has 3 aromatic rings. The quantitative estimate of drug-likeness (QED) is 0.652. The Balaban J connectivity index is 1.50. The number of anilines is 2. The Morgan fingerprint density at radius 2 is 1.91 bits per heavy atom. The summed E-state index contributed by atoms with van der Waals surface area (Å²) in [4.78, 5) is 34.3. The van der Waals surface area contributed by atoms with Crippen molar-refractivity contribution >= 4 is 28.6 Å². The molecule has 1 saturated carbocycles. The average Bonchev–Trinajstić information content (AvgIpc) is 3.34. The first-order chi connectivity index (χ1) is 16.0. The van der Waals surface area contributed by atoms with Crippen molar-refractivity contribution in [2.45, 2.75) is 57.4 Å². The first-order valence-electron chi connectivity index (χ1n) is 11.9. The minimum atomic E-state index is 0.0976. The third-order valence-corrected chi connectivity index (χ3v) is 7.24. The summed E-state index contributed by atoms with van der Waals surface area (Å²) in [5, 5.41) is 0.888. The number of nitrogens with two attached hydrogens (primary N) is 1. The van der Waals surface area contributed by atoms with Crippen molar-refractivity contribution in [3.8, 4) is 11.4 Å². The van der Waals surface area contributed by atoms with Crippen LogP contribution in [0.3, 0.4) is 0 Å². The predicted molar refractivity (Wildman–Crippen MR) is 130 cm³/mol. The minimum absolute atomic E-state index is 0.0976. The number of carbonyl (C=O) groups excluding carboxylic acids is 1. The zero-order chi connectivity index (χ0) is 22.9. The lowest BCUT2D eigenvalue weighted by atomic mass is 9.82. The van der Waals surface area contributed by atoms with E-state index in [1.807, 2.05) is 30.1 Å². The van der Waals surface area contributed by atoms with E-state index in [4.69, 9.17) is 15.7 Å². The van der Waals surface area contributed by atoms with Gasteiger partial charge < -0.3 is 15.5 Å². The van der Waals surface area contributed by atoms with Gasteiger partial charge in [0.15, 0.2) is 5.65 Å². The van der Waals surface area contributed by atoms with E-state index in [-0.39, 0.29) is 11.9 Å². The Morgan fingerprint density at radius 1 is 1.09 bits per heavy atom. The molecule has 1 unspecified atom stereocenters. The lowest BCUT2D eigenvalue weighted by molar-refractivity contribution is -0.129. The molecule has 1 aliphatic carbocycles. The number of rotatable bonds is 4. The Hall–Kier alpha value is -3.29. The van der Waals surface area contributed by atoms with E-state index >= 15 is 0 Å². The van der Waals surface area contributed by atoms with Crippen LogP contribution in [0.4, 0.5) is 11.6 Å². The molecular formula is C25H31N7O. The van der Waals surface area contributed by atoms with Crippen molar-refractivity contribution in [1.29, 1.82) is 0 Å². The maximum absolute atomic E-state index is 11.8. The molecule has 8 nitrogen and oxygen atoms in total. The number of aromatic nitrogens is 4. The van der Waals surface area contributed by atoms with E-state index in [1.54, 1.807) is 6.92 Å². The maximum Gasteiger partial charge on any atom is 0.219 e. The van der Waals surface area contributed by atoms with E-state index in [1.165, 1.54) is 31.2 Å².